The number of Topliss-reactive ketones (excluding diaryl/α,β-unsaturated/α-hetero) is 1. The van der Waals surface area contributed by atoms with Crippen LogP contribution in [0.25, 0.3) is 11.0 Å². The van der Waals surface area contributed by atoms with Crippen molar-refractivity contribution < 1.29 is 4.79 Å². The summed E-state index contributed by atoms with van der Waals surface area (Å²) in [5, 5.41) is 0.724. The average molecular weight is 430 g/mol. The first-order valence-corrected chi connectivity index (χ1v) is 11.0. The molecule has 0 fully saturated rings. The molecule has 3 heterocycles. The second-order valence-corrected chi connectivity index (χ2v) is 8.71. The number of rotatable bonds is 7. The Bertz CT molecular complexity index is 1240. The van der Waals surface area contributed by atoms with Crippen molar-refractivity contribution >= 4 is 28.6 Å². The lowest BCUT2D eigenvalue weighted by molar-refractivity contribution is 0.102. The van der Waals surface area contributed by atoms with Crippen LogP contribution in [-0.2, 0) is 13.6 Å². The fourth-order valence-corrected chi connectivity index (χ4v) is 4.27. The summed E-state index contributed by atoms with van der Waals surface area (Å²) in [6, 6.07) is 1.83. The second-order valence-electron chi connectivity index (χ2n) is 7.74. The largest absolute Gasteiger partial charge is 0.362 e. The molecule has 3 aromatic heterocycles. The number of fused-ring (bicyclic) bond motifs is 1. The Morgan fingerprint density at radius 2 is 1.93 bits per heavy atom. The molecule has 30 heavy (non-hydrogen) atoms. The topological polar surface area (TPSA) is 103 Å². The van der Waals surface area contributed by atoms with Crippen molar-refractivity contribution in [3.8, 4) is 0 Å². The number of hydrogen-bond acceptors (Lipinski definition) is 6. The zero-order valence-corrected chi connectivity index (χ0v) is 19.0. The van der Waals surface area contributed by atoms with Crippen LogP contribution in [0.4, 0.5) is 0 Å². The Morgan fingerprint density at radius 1 is 1.23 bits per heavy atom. The van der Waals surface area contributed by atoms with Gasteiger partial charge in [-0.2, -0.15) is 0 Å². The van der Waals surface area contributed by atoms with Gasteiger partial charge >= 0.3 is 5.69 Å². The van der Waals surface area contributed by atoms with Crippen molar-refractivity contribution in [1.82, 2.24) is 24.1 Å². The van der Waals surface area contributed by atoms with Gasteiger partial charge in [-0.15, -0.1) is 0 Å². The lowest BCUT2D eigenvalue weighted by Crippen LogP contribution is -2.39. The molecular formula is C21H27N5O3S. The summed E-state index contributed by atoms with van der Waals surface area (Å²) in [6.45, 7) is 10.1. The molecule has 160 valence electrons. The molecule has 0 bridgehead atoms. The molecule has 0 saturated carbocycles. The number of nitrogens with one attached hydrogen (secondary N) is 1. The molecule has 0 spiro atoms. The Kier molecular flexibility index (Phi) is 6.30. The number of hydrogen-bond donors (Lipinski definition) is 1. The number of carbonyl (C=O) groups excluding carboxylic acids is 1. The number of aromatic amines is 1. The predicted molar refractivity (Wildman–Crippen MR) is 119 cm³/mol. The first-order chi connectivity index (χ1) is 14.1. The molecule has 0 aliphatic heterocycles. The van der Waals surface area contributed by atoms with E-state index in [4.69, 9.17) is 0 Å². The van der Waals surface area contributed by atoms with E-state index in [9.17, 15) is 14.4 Å². The first-order valence-electron chi connectivity index (χ1n) is 9.99. The SMILES string of the molecule is CCCn1c(=O)n(C)c(=O)c2c(SCC(=O)c3cc(C)[nH]c3C)nc(C(C)C)nc21. The average Bonchev–Trinajstić information content (AvgIpc) is 3.05. The van der Waals surface area contributed by atoms with Gasteiger partial charge in [0.1, 0.15) is 16.2 Å². The van der Waals surface area contributed by atoms with Gasteiger partial charge in [-0.3, -0.25) is 18.7 Å². The van der Waals surface area contributed by atoms with Gasteiger partial charge in [-0.05, 0) is 26.3 Å². The maximum absolute atomic E-state index is 12.9. The normalized spacial score (nSPS) is 11.6. The van der Waals surface area contributed by atoms with Crippen LogP contribution < -0.4 is 11.2 Å². The summed E-state index contributed by atoms with van der Waals surface area (Å²) in [5.74, 6) is 0.646. The third kappa shape index (κ3) is 3.98. The molecule has 0 unspecified atom stereocenters. The van der Waals surface area contributed by atoms with E-state index < -0.39 is 11.2 Å². The summed E-state index contributed by atoms with van der Waals surface area (Å²) in [5.41, 5.74) is 1.88. The van der Waals surface area contributed by atoms with Crippen molar-refractivity contribution in [2.24, 2.45) is 7.05 Å². The second kappa shape index (κ2) is 8.59. The van der Waals surface area contributed by atoms with E-state index in [1.165, 1.54) is 23.4 Å². The molecule has 3 rings (SSSR count). The number of aromatic nitrogens is 5. The van der Waals surface area contributed by atoms with E-state index >= 15 is 0 Å². The summed E-state index contributed by atoms with van der Waals surface area (Å²) >= 11 is 1.21. The third-order valence-electron chi connectivity index (χ3n) is 4.92. The minimum absolute atomic E-state index is 0.00764. The van der Waals surface area contributed by atoms with Gasteiger partial charge < -0.3 is 4.98 Å². The van der Waals surface area contributed by atoms with Crippen LogP contribution in [0.1, 0.15) is 60.7 Å². The molecule has 0 radical (unpaired) electrons. The van der Waals surface area contributed by atoms with Crippen molar-refractivity contribution in [3.63, 3.8) is 0 Å². The van der Waals surface area contributed by atoms with Gasteiger partial charge in [0.05, 0.1) is 5.75 Å². The molecule has 0 amide bonds. The minimum atomic E-state index is -0.443. The standard InChI is InChI=1S/C21H27N5O3S/c1-7-8-26-18-16(20(28)25(6)21(26)29)19(24-17(23-18)11(2)3)30-10-15(27)14-9-12(4)22-13(14)5/h9,11,22H,7-8,10H2,1-6H3. The summed E-state index contributed by atoms with van der Waals surface area (Å²) in [6.07, 6.45) is 0.724. The van der Waals surface area contributed by atoms with Crippen LogP contribution in [0.5, 0.6) is 0 Å². The van der Waals surface area contributed by atoms with Gasteiger partial charge in [-0.1, -0.05) is 32.5 Å². The number of aryl methyl sites for hydroxylation is 3. The van der Waals surface area contributed by atoms with Crippen LogP contribution in [0, 0.1) is 13.8 Å². The highest BCUT2D eigenvalue weighted by molar-refractivity contribution is 8.00. The van der Waals surface area contributed by atoms with E-state index in [2.05, 4.69) is 15.0 Å². The minimum Gasteiger partial charge on any atom is -0.362 e. The molecule has 3 aromatic rings. The van der Waals surface area contributed by atoms with Crippen LogP contribution in [0.15, 0.2) is 20.7 Å². The van der Waals surface area contributed by atoms with E-state index in [1.807, 2.05) is 40.7 Å². The molecule has 9 heteroatoms. The molecular weight excluding hydrogens is 402 g/mol. The highest BCUT2D eigenvalue weighted by Gasteiger charge is 2.21. The van der Waals surface area contributed by atoms with Gasteiger partial charge in [0, 0.05) is 36.5 Å². The first kappa shape index (κ1) is 22.0. The molecule has 0 atom stereocenters. The molecule has 0 aliphatic carbocycles. The van der Waals surface area contributed by atoms with Crippen LogP contribution in [0.2, 0.25) is 0 Å². The monoisotopic (exact) mass is 429 g/mol. The van der Waals surface area contributed by atoms with E-state index in [0.29, 0.717) is 28.6 Å². The fourth-order valence-electron chi connectivity index (χ4n) is 3.37. The summed E-state index contributed by atoms with van der Waals surface area (Å²) < 4.78 is 2.61. The van der Waals surface area contributed by atoms with Gasteiger partial charge in [0.25, 0.3) is 5.56 Å². The highest BCUT2D eigenvalue weighted by atomic mass is 32.2. The molecule has 8 nitrogen and oxygen atoms in total. The Balaban J connectivity index is 2.15. The maximum atomic E-state index is 12.9. The zero-order chi connectivity index (χ0) is 22.2. The van der Waals surface area contributed by atoms with Crippen molar-refractivity contribution in [2.45, 2.75) is 58.5 Å². The van der Waals surface area contributed by atoms with Crippen LogP contribution in [-0.4, -0.2) is 35.6 Å². The predicted octanol–water partition coefficient (Wildman–Crippen LogP) is 2.94. The molecule has 0 aromatic carbocycles. The van der Waals surface area contributed by atoms with Gasteiger partial charge in [0.15, 0.2) is 11.4 Å². The van der Waals surface area contributed by atoms with E-state index in [1.54, 1.807) is 0 Å². The Hall–Kier alpha value is -2.68. The van der Waals surface area contributed by atoms with Gasteiger partial charge in [-0.25, -0.2) is 14.8 Å². The van der Waals surface area contributed by atoms with Crippen molar-refractivity contribution in [1.29, 1.82) is 0 Å². The Morgan fingerprint density at radius 3 is 2.50 bits per heavy atom. The van der Waals surface area contributed by atoms with E-state index in [-0.39, 0.29) is 22.8 Å². The number of ketones is 1. The number of thioether (sulfide) groups is 1. The maximum Gasteiger partial charge on any atom is 0.332 e. The molecule has 0 saturated heterocycles. The van der Waals surface area contributed by atoms with Gasteiger partial charge in [0.2, 0.25) is 0 Å². The summed E-state index contributed by atoms with van der Waals surface area (Å²) in [4.78, 5) is 50.7. The lowest BCUT2D eigenvalue weighted by atomic mass is 10.2. The smallest absolute Gasteiger partial charge is 0.332 e. The fraction of sp³-hybridized carbons (Fsp3) is 0.476. The van der Waals surface area contributed by atoms with Crippen molar-refractivity contribution in [2.75, 3.05) is 5.75 Å². The quantitative estimate of drug-likeness (QED) is 0.352. The summed E-state index contributed by atoms with van der Waals surface area (Å²) in [7, 11) is 1.46. The lowest BCUT2D eigenvalue weighted by Gasteiger charge is -2.15. The number of nitrogens with zero attached hydrogens (tertiary/aromatic N) is 4. The molecule has 0 aliphatic rings. The Labute approximate surface area is 178 Å². The third-order valence-corrected chi connectivity index (χ3v) is 5.89. The highest BCUT2D eigenvalue weighted by Crippen LogP contribution is 2.26. The van der Waals surface area contributed by atoms with Crippen LogP contribution in [0.3, 0.4) is 0 Å². The molecule has 1 N–H and O–H groups in total. The van der Waals surface area contributed by atoms with Crippen molar-refractivity contribution in [3.05, 3.63) is 49.7 Å². The zero-order valence-electron chi connectivity index (χ0n) is 18.2. The van der Waals surface area contributed by atoms with E-state index in [0.717, 1.165) is 22.4 Å². The number of H-pyrrole nitrogens is 1. The number of carbonyl (C=O) groups is 1. The van der Waals surface area contributed by atoms with Crippen LogP contribution >= 0.6 is 11.8 Å².